The van der Waals surface area contributed by atoms with E-state index in [1.54, 1.807) is 6.20 Å². The number of nitrogens with zero attached hydrogens (tertiary/aromatic N) is 2. The van der Waals surface area contributed by atoms with Crippen molar-refractivity contribution in [2.45, 2.75) is 13.1 Å². The SMILES string of the molecule is Cc1cnc(-c2ccc(C(F)(F)F)cn2)s1. The fourth-order valence-electron chi connectivity index (χ4n) is 1.16. The zero-order valence-corrected chi connectivity index (χ0v) is 9.06. The van der Waals surface area contributed by atoms with Crippen molar-refractivity contribution >= 4 is 11.3 Å². The second-order valence-electron chi connectivity index (χ2n) is 3.21. The number of thiazole rings is 1. The standard InChI is InChI=1S/C10H7F3N2S/c1-6-4-15-9(16-6)8-3-2-7(5-14-8)10(11,12)13/h2-5H,1H3. The second kappa shape index (κ2) is 3.86. The van der Waals surface area contributed by atoms with Crippen LogP contribution < -0.4 is 0 Å². The van der Waals surface area contributed by atoms with Gasteiger partial charge in [0.05, 0.1) is 11.3 Å². The average molecular weight is 244 g/mol. The van der Waals surface area contributed by atoms with Gasteiger partial charge in [0.1, 0.15) is 5.01 Å². The number of pyridine rings is 1. The second-order valence-corrected chi connectivity index (χ2v) is 4.44. The zero-order valence-electron chi connectivity index (χ0n) is 8.25. The highest BCUT2D eigenvalue weighted by Crippen LogP contribution is 2.30. The number of hydrogen-bond donors (Lipinski definition) is 0. The summed E-state index contributed by atoms with van der Waals surface area (Å²) in [6.45, 7) is 1.88. The van der Waals surface area contributed by atoms with E-state index in [0.717, 1.165) is 17.1 Å². The highest BCUT2D eigenvalue weighted by molar-refractivity contribution is 7.14. The Balaban J connectivity index is 2.33. The lowest BCUT2D eigenvalue weighted by molar-refractivity contribution is -0.137. The minimum atomic E-state index is -4.34. The Morgan fingerprint density at radius 1 is 1.12 bits per heavy atom. The number of rotatable bonds is 1. The van der Waals surface area contributed by atoms with Crippen LogP contribution in [0.5, 0.6) is 0 Å². The van der Waals surface area contributed by atoms with Gasteiger partial charge >= 0.3 is 6.18 Å². The molecule has 16 heavy (non-hydrogen) atoms. The van der Waals surface area contributed by atoms with E-state index in [1.807, 2.05) is 6.92 Å². The predicted molar refractivity (Wildman–Crippen MR) is 55.1 cm³/mol. The molecule has 0 N–H and O–H groups in total. The van der Waals surface area contributed by atoms with E-state index in [9.17, 15) is 13.2 Å². The van der Waals surface area contributed by atoms with Crippen molar-refractivity contribution in [2.75, 3.05) is 0 Å². The third kappa shape index (κ3) is 2.21. The molecule has 0 saturated carbocycles. The molecule has 0 fully saturated rings. The summed E-state index contributed by atoms with van der Waals surface area (Å²) in [6.07, 6.45) is -1.85. The number of aryl methyl sites for hydroxylation is 1. The maximum Gasteiger partial charge on any atom is 0.417 e. The third-order valence-electron chi connectivity index (χ3n) is 1.93. The van der Waals surface area contributed by atoms with Crippen LogP contribution in [0.2, 0.25) is 0 Å². The molecule has 0 aliphatic heterocycles. The molecule has 2 aromatic rings. The molecule has 0 saturated heterocycles. The lowest BCUT2D eigenvalue weighted by Crippen LogP contribution is -2.05. The minimum Gasteiger partial charge on any atom is -0.253 e. The predicted octanol–water partition coefficient (Wildman–Crippen LogP) is 3.53. The van der Waals surface area contributed by atoms with Crippen LogP contribution in [0.4, 0.5) is 13.2 Å². The largest absolute Gasteiger partial charge is 0.417 e. The monoisotopic (exact) mass is 244 g/mol. The van der Waals surface area contributed by atoms with Gasteiger partial charge in [-0.2, -0.15) is 13.2 Å². The Kier molecular flexibility index (Phi) is 2.67. The maximum atomic E-state index is 12.3. The molecule has 0 unspecified atom stereocenters. The number of halogens is 3. The number of aromatic nitrogens is 2. The molecule has 0 atom stereocenters. The van der Waals surface area contributed by atoms with E-state index in [1.165, 1.54) is 17.4 Å². The first kappa shape index (κ1) is 11.1. The van der Waals surface area contributed by atoms with E-state index in [4.69, 9.17) is 0 Å². The Labute approximate surface area is 93.8 Å². The zero-order chi connectivity index (χ0) is 11.8. The van der Waals surface area contributed by atoms with Crippen LogP contribution >= 0.6 is 11.3 Å². The van der Waals surface area contributed by atoms with Crippen LogP contribution in [-0.4, -0.2) is 9.97 Å². The quantitative estimate of drug-likeness (QED) is 0.766. The first-order valence-corrected chi connectivity index (χ1v) is 5.24. The molecule has 6 heteroatoms. The third-order valence-corrected chi connectivity index (χ3v) is 2.87. The van der Waals surface area contributed by atoms with Gasteiger partial charge in [0.2, 0.25) is 0 Å². The van der Waals surface area contributed by atoms with Crippen molar-refractivity contribution < 1.29 is 13.2 Å². The number of alkyl halides is 3. The molecule has 0 aliphatic carbocycles. The van der Waals surface area contributed by atoms with E-state index >= 15 is 0 Å². The Morgan fingerprint density at radius 2 is 1.88 bits per heavy atom. The fourth-order valence-corrected chi connectivity index (χ4v) is 1.90. The molecular formula is C10H7F3N2S. The highest BCUT2D eigenvalue weighted by Gasteiger charge is 2.30. The summed E-state index contributed by atoms with van der Waals surface area (Å²) in [6, 6.07) is 2.35. The molecule has 0 aromatic carbocycles. The summed E-state index contributed by atoms with van der Waals surface area (Å²) in [5.74, 6) is 0. The van der Waals surface area contributed by atoms with Crippen LogP contribution in [0.25, 0.3) is 10.7 Å². The molecule has 84 valence electrons. The van der Waals surface area contributed by atoms with Crippen molar-refractivity contribution in [1.82, 2.24) is 9.97 Å². The lowest BCUT2D eigenvalue weighted by atomic mass is 10.2. The van der Waals surface area contributed by atoms with Crippen LogP contribution in [0.15, 0.2) is 24.5 Å². The van der Waals surface area contributed by atoms with Gasteiger partial charge in [-0.25, -0.2) is 4.98 Å². The van der Waals surface area contributed by atoms with E-state index < -0.39 is 11.7 Å². The molecule has 0 aliphatic rings. The Morgan fingerprint density at radius 3 is 2.31 bits per heavy atom. The molecule has 0 bridgehead atoms. The molecule has 0 spiro atoms. The van der Waals surface area contributed by atoms with Gasteiger partial charge in [-0.15, -0.1) is 11.3 Å². The van der Waals surface area contributed by atoms with Crippen molar-refractivity contribution in [1.29, 1.82) is 0 Å². The Bertz CT molecular complexity index is 488. The van der Waals surface area contributed by atoms with Crippen LogP contribution in [0.1, 0.15) is 10.4 Å². The highest BCUT2D eigenvalue weighted by atomic mass is 32.1. The first-order valence-electron chi connectivity index (χ1n) is 4.43. The summed E-state index contributed by atoms with van der Waals surface area (Å²) in [5, 5.41) is 0.631. The summed E-state index contributed by atoms with van der Waals surface area (Å²) in [4.78, 5) is 8.81. The van der Waals surface area contributed by atoms with Gasteiger partial charge in [0, 0.05) is 17.3 Å². The van der Waals surface area contributed by atoms with E-state index in [2.05, 4.69) is 9.97 Å². The van der Waals surface area contributed by atoms with Crippen molar-refractivity contribution in [3.63, 3.8) is 0 Å². The van der Waals surface area contributed by atoms with Gasteiger partial charge in [0.15, 0.2) is 0 Å². The average Bonchev–Trinajstić information content (AvgIpc) is 2.64. The fraction of sp³-hybridized carbons (Fsp3) is 0.200. The summed E-state index contributed by atoms with van der Waals surface area (Å²) in [7, 11) is 0. The summed E-state index contributed by atoms with van der Waals surface area (Å²) >= 11 is 1.40. The molecule has 2 aromatic heterocycles. The molecule has 2 rings (SSSR count). The molecule has 2 heterocycles. The van der Waals surface area contributed by atoms with Crippen molar-refractivity contribution in [2.24, 2.45) is 0 Å². The van der Waals surface area contributed by atoms with Crippen LogP contribution in [-0.2, 0) is 6.18 Å². The van der Waals surface area contributed by atoms with Crippen LogP contribution in [0.3, 0.4) is 0 Å². The summed E-state index contributed by atoms with van der Waals surface area (Å²) < 4.78 is 36.8. The van der Waals surface area contributed by atoms with Crippen LogP contribution in [0, 0.1) is 6.92 Å². The van der Waals surface area contributed by atoms with Gasteiger partial charge in [0.25, 0.3) is 0 Å². The topological polar surface area (TPSA) is 25.8 Å². The maximum absolute atomic E-state index is 12.3. The van der Waals surface area contributed by atoms with Gasteiger partial charge in [-0.1, -0.05) is 0 Å². The normalized spacial score (nSPS) is 11.8. The van der Waals surface area contributed by atoms with E-state index in [-0.39, 0.29) is 0 Å². The molecule has 2 nitrogen and oxygen atoms in total. The smallest absolute Gasteiger partial charge is 0.253 e. The van der Waals surface area contributed by atoms with Crippen molar-refractivity contribution in [3.05, 3.63) is 35.0 Å². The van der Waals surface area contributed by atoms with Gasteiger partial charge in [-0.3, -0.25) is 4.98 Å². The van der Waals surface area contributed by atoms with E-state index in [0.29, 0.717) is 10.7 Å². The number of hydrogen-bond acceptors (Lipinski definition) is 3. The molecular weight excluding hydrogens is 237 g/mol. The minimum absolute atomic E-state index is 0.464. The molecule has 0 amide bonds. The first-order chi connectivity index (χ1) is 7.47. The summed E-state index contributed by atoms with van der Waals surface area (Å²) in [5.41, 5.74) is -0.282. The lowest BCUT2D eigenvalue weighted by Gasteiger charge is -2.05. The van der Waals surface area contributed by atoms with Gasteiger partial charge < -0.3 is 0 Å². The van der Waals surface area contributed by atoms with Gasteiger partial charge in [-0.05, 0) is 19.1 Å². The van der Waals surface area contributed by atoms with Crippen molar-refractivity contribution in [3.8, 4) is 10.7 Å². The Hall–Kier alpha value is -1.43. The molecule has 0 radical (unpaired) electrons.